The molecule has 3 nitrogen and oxygen atoms in total. The van der Waals surface area contributed by atoms with Gasteiger partial charge in [-0.05, 0) is 31.5 Å². The van der Waals surface area contributed by atoms with Crippen molar-refractivity contribution in [2.75, 3.05) is 7.05 Å². The van der Waals surface area contributed by atoms with Gasteiger partial charge >= 0.3 is 0 Å². The topological polar surface area (TPSA) is 37.4 Å². The van der Waals surface area contributed by atoms with Crippen LogP contribution >= 0.6 is 15.9 Å². The summed E-state index contributed by atoms with van der Waals surface area (Å²) < 4.78 is 40.0. The third-order valence-electron chi connectivity index (χ3n) is 2.88. The molecule has 0 spiro atoms. The van der Waals surface area contributed by atoms with Gasteiger partial charge in [0, 0.05) is 17.6 Å². The van der Waals surface area contributed by atoms with Gasteiger partial charge < -0.3 is 0 Å². The Morgan fingerprint density at radius 1 is 1.44 bits per heavy atom. The molecule has 0 aromatic heterocycles. The van der Waals surface area contributed by atoms with E-state index in [9.17, 15) is 12.8 Å². The highest BCUT2D eigenvalue weighted by Gasteiger charge is 2.27. The van der Waals surface area contributed by atoms with Crippen LogP contribution in [-0.4, -0.2) is 25.8 Å². The molecule has 6 heteroatoms. The molecule has 0 bridgehead atoms. The molecule has 1 aromatic rings. The Labute approximate surface area is 116 Å². The molecule has 0 radical (unpaired) electrons. The molecule has 1 atom stereocenters. The van der Waals surface area contributed by atoms with Crippen molar-refractivity contribution in [2.24, 2.45) is 0 Å². The molecule has 102 valence electrons. The predicted molar refractivity (Wildman–Crippen MR) is 73.4 cm³/mol. The van der Waals surface area contributed by atoms with Crippen molar-refractivity contribution in [3.05, 3.63) is 28.5 Å². The van der Waals surface area contributed by atoms with Crippen molar-refractivity contribution in [1.82, 2.24) is 4.31 Å². The van der Waals surface area contributed by atoms with E-state index in [2.05, 4.69) is 15.9 Å². The number of nitrogens with zero attached hydrogens (tertiary/aromatic N) is 1. The standard InChI is InChI=1S/C12H17BrFNO2S/c1-4-5-9(2)15(3)18(16,17)12-7-6-10(13)8-11(12)14/h6-9H,4-5H2,1-3H3. The van der Waals surface area contributed by atoms with Crippen molar-refractivity contribution in [1.29, 1.82) is 0 Å². The zero-order valence-electron chi connectivity index (χ0n) is 10.7. The summed E-state index contributed by atoms with van der Waals surface area (Å²) in [6.07, 6.45) is 1.62. The Bertz CT molecular complexity index is 519. The van der Waals surface area contributed by atoms with E-state index in [0.717, 1.165) is 18.9 Å². The molecule has 0 amide bonds. The van der Waals surface area contributed by atoms with Gasteiger partial charge in [0.15, 0.2) is 0 Å². The summed E-state index contributed by atoms with van der Waals surface area (Å²) in [5, 5.41) is 0. The molecule has 18 heavy (non-hydrogen) atoms. The molecule has 0 aliphatic carbocycles. The minimum atomic E-state index is -3.77. The molecule has 1 rings (SSSR count). The van der Waals surface area contributed by atoms with E-state index >= 15 is 0 Å². The van der Waals surface area contributed by atoms with Crippen molar-refractivity contribution < 1.29 is 12.8 Å². The highest BCUT2D eigenvalue weighted by Crippen LogP contribution is 2.23. The zero-order valence-corrected chi connectivity index (χ0v) is 13.1. The summed E-state index contributed by atoms with van der Waals surface area (Å²) >= 11 is 3.11. The van der Waals surface area contributed by atoms with Gasteiger partial charge in [-0.1, -0.05) is 29.3 Å². The van der Waals surface area contributed by atoms with Crippen LogP contribution in [0.1, 0.15) is 26.7 Å². The van der Waals surface area contributed by atoms with Crippen LogP contribution in [0.4, 0.5) is 4.39 Å². The Morgan fingerprint density at radius 3 is 2.56 bits per heavy atom. The quantitative estimate of drug-likeness (QED) is 0.825. The summed E-state index contributed by atoms with van der Waals surface area (Å²) in [5.41, 5.74) is 0. The molecule has 0 heterocycles. The van der Waals surface area contributed by atoms with E-state index in [1.807, 2.05) is 13.8 Å². The molecule has 0 saturated carbocycles. The normalized spacial score (nSPS) is 13.9. The van der Waals surface area contributed by atoms with E-state index in [4.69, 9.17) is 0 Å². The van der Waals surface area contributed by atoms with Gasteiger partial charge in [-0.3, -0.25) is 0 Å². The number of hydrogen-bond donors (Lipinski definition) is 0. The van der Waals surface area contributed by atoms with Gasteiger partial charge in [0.2, 0.25) is 10.0 Å². The van der Waals surface area contributed by atoms with Gasteiger partial charge in [-0.25, -0.2) is 12.8 Å². The molecule has 0 fully saturated rings. The summed E-state index contributed by atoms with van der Waals surface area (Å²) in [6, 6.07) is 3.81. The fourth-order valence-electron chi connectivity index (χ4n) is 1.68. The molecular weight excluding hydrogens is 321 g/mol. The first-order valence-electron chi connectivity index (χ1n) is 5.73. The maximum Gasteiger partial charge on any atom is 0.245 e. The van der Waals surface area contributed by atoms with Crippen LogP contribution in [0, 0.1) is 5.82 Å². The fraction of sp³-hybridized carbons (Fsp3) is 0.500. The lowest BCUT2D eigenvalue weighted by atomic mass is 10.2. The van der Waals surface area contributed by atoms with E-state index in [1.165, 1.54) is 23.5 Å². The molecule has 0 N–H and O–H groups in total. The van der Waals surface area contributed by atoms with Crippen molar-refractivity contribution >= 4 is 26.0 Å². The van der Waals surface area contributed by atoms with Crippen molar-refractivity contribution in [3.8, 4) is 0 Å². The second-order valence-electron chi connectivity index (χ2n) is 4.23. The zero-order chi connectivity index (χ0) is 13.9. The lowest BCUT2D eigenvalue weighted by molar-refractivity contribution is 0.366. The van der Waals surface area contributed by atoms with Crippen molar-refractivity contribution in [3.63, 3.8) is 0 Å². The highest BCUT2D eigenvalue weighted by atomic mass is 79.9. The molecule has 0 aliphatic heterocycles. The SMILES string of the molecule is CCCC(C)N(C)S(=O)(=O)c1ccc(Br)cc1F. The largest absolute Gasteiger partial charge is 0.245 e. The summed E-state index contributed by atoms with van der Waals surface area (Å²) in [5.74, 6) is -0.736. The second kappa shape index (κ2) is 6.12. The van der Waals surface area contributed by atoms with Crippen LogP contribution in [0.25, 0.3) is 0 Å². The lowest BCUT2D eigenvalue weighted by Crippen LogP contribution is -2.35. The molecular formula is C12H17BrFNO2S. The minimum Gasteiger partial charge on any atom is -0.207 e. The van der Waals surface area contributed by atoms with Crippen LogP contribution < -0.4 is 0 Å². The second-order valence-corrected chi connectivity index (χ2v) is 7.12. The number of sulfonamides is 1. The first-order valence-corrected chi connectivity index (χ1v) is 7.97. The Balaban J connectivity index is 3.13. The Hall–Kier alpha value is -0.460. The minimum absolute atomic E-state index is 0.150. The third kappa shape index (κ3) is 3.30. The average Bonchev–Trinajstić information content (AvgIpc) is 2.27. The van der Waals surface area contributed by atoms with E-state index < -0.39 is 15.8 Å². The fourth-order valence-corrected chi connectivity index (χ4v) is 3.44. The van der Waals surface area contributed by atoms with E-state index in [-0.39, 0.29) is 10.9 Å². The smallest absolute Gasteiger partial charge is 0.207 e. The first-order chi connectivity index (χ1) is 8.30. The third-order valence-corrected chi connectivity index (χ3v) is 5.38. The maximum atomic E-state index is 13.7. The van der Waals surface area contributed by atoms with Crippen LogP contribution in [0.5, 0.6) is 0 Å². The van der Waals surface area contributed by atoms with Crippen LogP contribution in [0.15, 0.2) is 27.6 Å². The van der Waals surface area contributed by atoms with Crippen LogP contribution in [-0.2, 0) is 10.0 Å². The van der Waals surface area contributed by atoms with Gasteiger partial charge in [0.1, 0.15) is 10.7 Å². The average molecular weight is 338 g/mol. The van der Waals surface area contributed by atoms with Gasteiger partial charge in [0.25, 0.3) is 0 Å². The Morgan fingerprint density at radius 2 is 2.06 bits per heavy atom. The number of halogens is 2. The van der Waals surface area contributed by atoms with E-state index in [0.29, 0.717) is 4.47 Å². The number of hydrogen-bond acceptors (Lipinski definition) is 2. The lowest BCUT2D eigenvalue weighted by Gasteiger charge is -2.24. The monoisotopic (exact) mass is 337 g/mol. The molecule has 1 unspecified atom stereocenters. The summed E-state index contributed by atoms with van der Waals surface area (Å²) in [6.45, 7) is 3.80. The molecule has 0 saturated heterocycles. The van der Waals surface area contributed by atoms with E-state index in [1.54, 1.807) is 0 Å². The number of rotatable bonds is 5. The predicted octanol–water partition coefficient (Wildman–Crippen LogP) is 3.40. The maximum absolute atomic E-state index is 13.7. The Kier molecular flexibility index (Phi) is 5.31. The van der Waals surface area contributed by atoms with Gasteiger partial charge in [0.05, 0.1) is 0 Å². The number of benzene rings is 1. The molecule has 1 aromatic carbocycles. The van der Waals surface area contributed by atoms with Crippen molar-refractivity contribution in [2.45, 2.75) is 37.6 Å². The van der Waals surface area contributed by atoms with Gasteiger partial charge in [-0.15, -0.1) is 0 Å². The first kappa shape index (κ1) is 15.6. The highest BCUT2D eigenvalue weighted by molar-refractivity contribution is 9.10. The van der Waals surface area contributed by atoms with Crippen LogP contribution in [0.2, 0.25) is 0 Å². The van der Waals surface area contributed by atoms with Gasteiger partial charge in [-0.2, -0.15) is 4.31 Å². The summed E-state index contributed by atoms with van der Waals surface area (Å²) in [7, 11) is -2.29. The molecule has 0 aliphatic rings. The summed E-state index contributed by atoms with van der Waals surface area (Å²) in [4.78, 5) is -0.281. The van der Waals surface area contributed by atoms with Crippen LogP contribution in [0.3, 0.4) is 0 Å².